The number of esters is 1. The topological polar surface area (TPSA) is 26.3 Å². The standard InChI is InChI=1S/C35H62O2/c1-6-7-8-9-10-11-19-34(36)37-31-18-14-16-29-24-25-35(5)30(17-13-12-15-27(2)3)21-23-33(35)32(29)22-20-28(4)26-31/h20,27,29-33H,6-19,21-26H2,1-5H3. The van der Waals surface area contributed by atoms with Crippen molar-refractivity contribution < 1.29 is 9.53 Å². The molecule has 37 heavy (non-hydrogen) atoms. The minimum atomic E-state index is 0.0436. The average Bonchev–Trinajstić information content (AvgIpc) is 3.19. The second-order valence-electron chi connectivity index (χ2n) is 14.1. The molecule has 6 atom stereocenters. The van der Waals surface area contributed by atoms with E-state index in [9.17, 15) is 4.79 Å². The number of carbonyl (C=O) groups excluding carboxylic acids is 1. The summed E-state index contributed by atoms with van der Waals surface area (Å²) < 4.78 is 6.04. The van der Waals surface area contributed by atoms with Crippen LogP contribution < -0.4 is 0 Å². The smallest absolute Gasteiger partial charge is 0.306 e. The number of hydrogen-bond acceptors (Lipinski definition) is 2. The van der Waals surface area contributed by atoms with E-state index in [-0.39, 0.29) is 12.1 Å². The van der Waals surface area contributed by atoms with Crippen LogP contribution in [0.2, 0.25) is 0 Å². The van der Waals surface area contributed by atoms with Crippen LogP contribution >= 0.6 is 0 Å². The Balaban J connectivity index is 1.51. The van der Waals surface area contributed by atoms with Crippen molar-refractivity contribution in [2.45, 2.75) is 169 Å². The van der Waals surface area contributed by atoms with Crippen molar-refractivity contribution in [1.82, 2.24) is 0 Å². The van der Waals surface area contributed by atoms with Crippen molar-refractivity contribution in [1.29, 1.82) is 0 Å². The van der Waals surface area contributed by atoms with Crippen LogP contribution in [0.5, 0.6) is 0 Å². The quantitative estimate of drug-likeness (QED) is 0.139. The molecule has 0 spiro atoms. The first-order valence-corrected chi connectivity index (χ1v) is 16.7. The van der Waals surface area contributed by atoms with E-state index in [2.05, 4.69) is 40.7 Å². The fourth-order valence-electron chi connectivity index (χ4n) is 8.49. The number of rotatable bonds is 13. The molecule has 3 rings (SSSR count). The molecule has 2 heteroatoms. The third-order valence-electron chi connectivity index (χ3n) is 10.8. The summed E-state index contributed by atoms with van der Waals surface area (Å²) in [5, 5.41) is 0. The minimum absolute atomic E-state index is 0.0436. The van der Waals surface area contributed by atoms with E-state index in [1.165, 1.54) is 108 Å². The van der Waals surface area contributed by atoms with E-state index in [1.54, 1.807) is 0 Å². The highest BCUT2D eigenvalue weighted by molar-refractivity contribution is 5.69. The first-order valence-electron chi connectivity index (χ1n) is 16.7. The van der Waals surface area contributed by atoms with Crippen LogP contribution in [-0.4, -0.2) is 12.1 Å². The SMILES string of the molecule is CCCCCCCCC(=O)OC1CCCC2CCC3(C)C(CCCCC(C)C)CCC3C2CC=C(C)C1. The average molecular weight is 515 g/mol. The third-order valence-corrected chi connectivity index (χ3v) is 10.8. The summed E-state index contributed by atoms with van der Waals surface area (Å²) in [6, 6.07) is 0. The zero-order valence-electron chi connectivity index (χ0n) is 25.5. The second-order valence-corrected chi connectivity index (χ2v) is 14.1. The lowest BCUT2D eigenvalue weighted by atomic mass is 9.56. The maximum Gasteiger partial charge on any atom is 0.306 e. The Morgan fingerprint density at radius 1 is 1.00 bits per heavy atom. The molecule has 3 aliphatic carbocycles. The molecule has 0 aromatic rings. The van der Waals surface area contributed by atoms with Crippen molar-refractivity contribution in [2.75, 3.05) is 0 Å². The van der Waals surface area contributed by atoms with Gasteiger partial charge in [0.25, 0.3) is 0 Å². The summed E-state index contributed by atoms with van der Waals surface area (Å²) in [7, 11) is 0. The monoisotopic (exact) mass is 514 g/mol. The van der Waals surface area contributed by atoms with Crippen molar-refractivity contribution >= 4 is 5.97 Å². The van der Waals surface area contributed by atoms with Gasteiger partial charge in [0, 0.05) is 12.8 Å². The molecule has 3 aliphatic rings. The Bertz CT molecular complexity index is 693. The van der Waals surface area contributed by atoms with Gasteiger partial charge in [-0.2, -0.15) is 0 Å². The molecule has 0 radical (unpaired) electrons. The van der Waals surface area contributed by atoms with Gasteiger partial charge in [-0.15, -0.1) is 0 Å². The number of carbonyl (C=O) groups is 1. The summed E-state index contributed by atoms with van der Waals surface area (Å²) in [4.78, 5) is 12.6. The number of ether oxygens (including phenoxy) is 1. The highest BCUT2D eigenvalue weighted by atomic mass is 16.5. The highest BCUT2D eigenvalue weighted by Crippen LogP contribution is 2.61. The first-order chi connectivity index (χ1) is 17.8. The minimum Gasteiger partial charge on any atom is -0.462 e. The zero-order valence-corrected chi connectivity index (χ0v) is 25.5. The van der Waals surface area contributed by atoms with Crippen LogP contribution in [0.25, 0.3) is 0 Å². The Hall–Kier alpha value is -0.790. The fourth-order valence-corrected chi connectivity index (χ4v) is 8.49. The molecular weight excluding hydrogens is 452 g/mol. The van der Waals surface area contributed by atoms with Gasteiger partial charge in [0.15, 0.2) is 0 Å². The molecule has 2 fully saturated rings. The van der Waals surface area contributed by atoms with Gasteiger partial charge < -0.3 is 4.74 Å². The molecular formula is C35H62O2. The summed E-state index contributed by atoms with van der Waals surface area (Å²) >= 11 is 0. The zero-order chi connectivity index (χ0) is 26.7. The van der Waals surface area contributed by atoms with E-state index < -0.39 is 0 Å². The number of hydrogen-bond donors (Lipinski definition) is 0. The molecule has 0 saturated heterocycles. The molecule has 2 nitrogen and oxygen atoms in total. The lowest BCUT2D eigenvalue weighted by Gasteiger charge is -2.49. The van der Waals surface area contributed by atoms with Crippen molar-refractivity contribution in [3.05, 3.63) is 11.6 Å². The highest BCUT2D eigenvalue weighted by Gasteiger charge is 2.52. The van der Waals surface area contributed by atoms with E-state index in [1.807, 2.05) is 0 Å². The van der Waals surface area contributed by atoms with Gasteiger partial charge in [-0.1, -0.05) is 97.1 Å². The molecule has 0 amide bonds. The van der Waals surface area contributed by atoms with Gasteiger partial charge in [-0.25, -0.2) is 0 Å². The van der Waals surface area contributed by atoms with Crippen molar-refractivity contribution in [3.8, 4) is 0 Å². The third kappa shape index (κ3) is 9.42. The van der Waals surface area contributed by atoms with Gasteiger partial charge in [0.2, 0.25) is 0 Å². The van der Waals surface area contributed by atoms with Gasteiger partial charge in [0.05, 0.1) is 0 Å². The van der Waals surface area contributed by atoms with E-state index in [0.717, 1.165) is 48.9 Å². The van der Waals surface area contributed by atoms with Gasteiger partial charge in [-0.3, -0.25) is 4.79 Å². The fraction of sp³-hybridized carbons (Fsp3) is 0.914. The summed E-state index contributed by atoms with van der Waals surface area (Å²) in [5.74, 6) is 4.53. The van der Waals surface area contributed by atoms with Gasteiger partial charge in [0.1, 0.15) is 6.10 Å². The lowest BCUT2D eigenvalue weighted by molar-refractivity contribution is -0.149. The van der Waals surface area contributed by atoms with E-state index >= 15 is 0 Å². The normalized spacial score (nSPS) is 32.5. The first kappa shape index (κ1) is 30.7. The molecule has 0 heterocycles. The molecule has 0 N–H and O–H groups in total. The Morgan fingerprint density at radius 2 is 1.78 bits per heavy atom. The Morgan fingerprint density at radius 3 is 2.57 bits per heavy atom. The maximum atomic E-state index is 12.6. The number of fused-ring (bicyclic) bond motifs is 3. The summed E-state index contributed by atoms with van der Waals surface area (Å²) in [5.41, 5.74) is 2.04. The summed E-state index contributed by atoms with van der Waals surface area (Å²) in [6.07, 6.45) is 28.0. The molecule has 2 saturated carbocycles. The molecule has 0 bridgehead atoms. The van der Waals surface area contributed by atoms with Crippen molar-refractivity contribution in [2.24, 2.45) is 35.0 Å². The van der Waals surface area contributed by atoms with Crippen molar-refractivity contribution in [3.63, 3.8) is 0 Å². The predicted octanol–water partition coefficient (Wildman–Crippen LogP) is 10.8. The van der Waals surface area contributed by atoms with Gasteiger partial charge >= 0.3 is 5.97 Å². The van der Waals surface area contributed by atoms with E-state index in [4.69, 9.17) is 4.74 Å². The molecule has 214 valence electrons. The predicted molar refractivity (Wildman–Crippen MR) is 159 cm³/mol. The van der Waals surface area contributed by atoms with E-state index in [0.29, 0.717) is 11.8 Å². The molecule has 0 aromatic carbocycles. The van der Waals surface area contributed by atoms with Crippen LogP contribution in [-0.2, 0) is 9.53 Å². The van der Waals surface area contributed by atoms with Gasteiger partial charge in [-0.05, 0) is 99.7 Å². The Kier molecular flexibility index (Phi) is 13.1. The van der Waals surface area contributed by atoms with Crippen LogP contribution in [0, 0.1) is 35.0 Å². The second kappa shape index (κ2) is 15.7. The van der Waals surface area contributed by atoms with Crippen LogP contribution in [0.15, 0.2) is 11.6 Å². The maximum absolute atomic E-state index is 12.6. The molecule has 0 aromatic heterocycles. The van der Waals surface area contributed by atoms with Crippen LogP contribution in [0.1, 0.15) is 163 Å². The number of allylic oxidation sites excluding steroid dienone is 1. The van der Waals surface area contributed by atoms with Crippen LogP contribution in [0.4, 0.5) is 0 Å². The molecule has 0 aliphatic heterocycles. The number of unbranched alkanes of at least 4 members (excludes halogenated alkanes) is 6. The van der Waals surface area contributed by atoms with Crippen LogP contribution in [0.3, 0.4) is 0 Å². The largest absolute Gasteiger partial charge is 0.462 e. The lowest BCUT2D eigenvalue weighted by Crippen LogP contribution is -2.41. The summed E-state index contributed by atoms with van der Waals surface area (Å²) in [6.45, 7) is 12.0. The Labute approximate surface area is 231 Å². The molecule has 6 unspecified atom stereocenters.